The van der Waals surface area contributed by atoms with Crippen LogP contribution in [0.2, 0.25) is 0 Å². The molecule has 0 radical (unpaired) electrons. The number of halogens is 3. The summed E-state index contributed by atoms with van der Waals surface area (Å²) >= 11 is 0. The topological polar surface area (TPSA) is 133 Å². The van der Waals surface area contributed by atoms with Crippen LogP contribution in [0.15, 0.2) is 67.0 Å². The molecule has 1 unspecified atom stereocenters. The number of pyridine rings is 1. The van der Waals surface area contributed by atoms with Gasteiger partial charge in [-0.3, -0.25) is 4.98 Å². The maximum atomic E-state index is 10.6. The van der Waals surface area contributed by atoms with Crippen LogP contribution in [0.1, 0.15) is 24.0 Å². The Bertz CT molecular complexity index is 1520. The summed E-state index contributed by atoms with van der Waals surface area (Å²) < 4.78 is 34.0. The van der Waals surface area contributed by atoms with E-state index >= 15 is 0 Å². The lowest BCUT2D eigenvalue weighted by Crippen LogP contribution is -2.42. The van der Waals surface area contributed by atoms with E-state index in [2.05, 4.69) is 68.3 Å². The lowest BCUT2D eigenvalue weighted by molar-refractivity contribution is -0.192. The van der Waals surface area contributed by atoms with Gasteiger partial charge in [-0.1, -0.05) is 36.4 Å². The van der Waals surface area contributed by atoms with Gasteiger partial charge in [0.15, 0.2) is 0 Å². The normalized spacial score (nSPS) is 15.2. The van der Waals surface area contributed by atoms with Gasteiger partial charge in [0.2, 0.25) is 0 Å². The number of nitrogens with two attached hydrogens (primary N) is 1. The number of alkyl halides is 3. The summed E-state index contributed by atoms with van der Waals surface area (Å²) in [6.07, 6.45) is 0.430. The zero-order valence-corrected chi connectivity index (χ0v) is 22.2. The first-order valence-corrected chi connectivity index (χ1v) is 13.1. The number of anilines is 1. The number of nitriles is 1. The predicted molar refractivity (Wildman–Crippen MR) is 149 cm³/mol. The smallest absolute Gasteiger partial charge is 0.475 e. The maximum Gasteiger partial charge on any atom is 0.490 e. The second kappa shape index (κ2) is 13.3. The molecule has 1 atom stereocenters. The highest BCUT2D eigenvalue weighted by Gasteiger charge is 2.38. The molecule has 41 heavy (non-hydrogen) atoms. The molecule has 2 aromatic heterocycles. The molecule has 3 heterocycles. The van der Waals surface area contributed by atoms with E-state index in [4.69, 9.17) is 20.6 Å². The van der Waals surface area contributed by atoms with E-state index in [9.17, 15) is 18.4 Å². The van der Waals surface area contributed by atoms with Crippen LogP contribution in [0.3, 0.4) is 0 Å². The zero-order valence-electron chi connectivity index (χ0n) is 22.2. The fourth-order valence-corrected chi connectivity index (χ4v) is 4.71. The Labute approximate surface area is 235 Å². The summed E-state index contributed by atoms with van der Waals surface area (Å²) in [4.78, 5) is 20.6. The van der Waals surface area contributed by atoms with Gasteiger partial charge in [-0.2, -0.15) is 18.4 Å². The van der Waals surface area contributed by atoms with E-state index in [0.29, 0.717) is 5.56 Å². The van der Waals surface area contributed by atoms with Gasteiger partial charge in [-0.05, 0) is 36.6 Å². The summed E-state index contributed by atoms with van der Waals surface area (Å²) in [5.74, 6) is -1.93. The van der Waals surface area contributed by atoms with Crippen molar-refractivity contribution in [3.8, 4) is 17.5 Å². The van der Waals surface area contributed by atoms with Crippen molar-refractivity contribution in [2.45, 2.75) is 38.1 Å². The third kappa shape index (κ3) is 7.59. The number of hydrogen-bond donors (Lipinski definition) is 3. The highest BCUT2D eigenvalue weighted by atomic mass is 19.4. The molecule has 4 N–H and O–H groups in total. The van der Waals surface area contributed by atoms with Gasteiger partial charge in [0.1, 0.15) is 17.4 Å². The summed E-state index contributed by atoms with van der Waals surface area (Å²) in [7, 11) is 0. The molecule has 1 fully saturated rings. The molecule has 1 saturated heterocycles. The summed E-state index contributed by atoms with van der Waals surface area (Å²) in [6.45, 7) is 4.17. The molecular formula is C29H30F3N7O2. The molecule has 9 nitrogen and oxygen atoms in total. The summed E-state index contributed by atoms with van der Waals surface area (Å²) in [5, 5.41) is 20.1. The minimum Gasteiger partial charge on any atom is -0.475 e. The number of aliphatic carboxylic acids is 1. The number of aromatic nitrogens is 3. The first kappa shape index (κ1) is 29.5. The Balaban J connectivity index is 0.000000493. The third-order valence-corrected chi connectivity index (χ3v) is 6.61. The van der Waals surface area contributed by atoms with Crippen molar-refractivity contribution in [3.05, 3.63) is 78.1 Å². The fraction of sp³-hybridized carbons (Fsp3) is 0.310. The minimum atomic E-state index is -5.08. The van der Waals surface area contributed by atoms with Crippen LogP contribution in [-0.4, -0.2) is 57.5 Å². The molecule has 2 aromatic carbocycles. The predicted octanol–water partition coefficient (Wildman–Crippen LogP) is 4.32. The van der Waals surface area contributed by atoms with Gasteiger partial charge in [0.05, 0.1) is 16.8 Å². The van der Waals surface area contributed by atoms with Gasteiger partial charge in [-0.25, -0.2) is 9.78 Å². The number of fused-ring (bicyclic) bond motifs is 1. The monoisotopic (exact) mass is 565 g/mol. The van der Waals surface area contributed by atoms with Crippen LogP contribution in [0.5, 0.6) is 0 Å². The summed E-state index contributed by atoms with van der Waals surface area (Å²) in [6, 6.07) is 21.0. The van der Waals surface area contributed by atoms with Crippen molar-refractivity contribution in [2.24, 2.45) is 5.73 Å². The first-order chi connectivity index (χ1) is 19.7. The van der Waals surface area contributed by atoms with E-state index in [1.165, 1.54) is 5.56 Å². The number of nitrogens with one attached hydrogen (secondary N) is 1. The standard InChI is InChI=1S/C27H29N7.C2HF3O2/c28-15-21-14-22(18-31-17-21)27-32-26-24(33-12-5-8-23(29)19-33)9-4-10-25(26)34(27)13-11-30-16-20-6-2-1-3-7-20;3-2(4,5)1(6)7/h1-4,6-7,9-10,14,17-18,23,30H,5,8,11-13,16,19,29H2;(H,6,7). The molecule has 0 saturated carbocycles. The second-order valence-corrected chi connectivity index (χ2v) is 9.62. The third-order valence-electron chi connectivity index (χ3n) is 6.61. The van der Waals surface area contributed by atoms with Gasteiger partial charge < -0.3 is 25.6 Å². The number of nitrogens with zero attached hydrogens (tertiary/aromatic N) is 5. The second-order valence-electron chi connectivity index (χ2n) is 9.62. The van der Waals surface area contributed by atoms with Crippen LogP contribution >= 0.6 is 0 Å². The molecule has 1 aliphatic heterocycles. The molecule has 0 amide bonds. The van der Waals surface area contributed by atoms with E-state index in [1.807, 2.05) is 12.1 Å². The van der Waals surface area contributed by atoms with E-state index in [0.717, 1.165) is 73.7 Å². The van der Waals surface area contributed by atoms with E-state index < -0.39 is 12.1 Å². The molecule has 4 aromatic rings. The van der Waals surface area contributed by atoms with Crippen molar-refractivity contribution in [2.75, 3.05) is 24.5 Å². The molecule has 0 bridgehead atoms. The van der Waals surface area contributed by atoms with Crippen molar-refractivity contribution >= 4 is 22.7 Å². The highest BCUT2D eigenvalue weighted by molar-refractivity contribution is 5.92. The molecular weight excluding hydrogens is 535 g/mol. The zero-order chi connectivity index (χ0) is 29.4. The molecule has 5 rings (SSSR count). The quantitative estimate of drug-likeness (QED) is 0.282. The largest absolute Gasteiger partial charge is 0.490 e. The SMILES string of the molecule is N#Cc1cncc(-c2nc3c(N4CCCC(N)C4)cccc3n2CCNCc2ccccc2)c1.O=C(O)C(F)(F)F. The number of carboxylic acid groups (broad SMARTS) is 1. The Hall–Kier alpha value is -4.47. The van der Waals surface area contributed by atoms with Crippen LogP contribution in [0.25, 0.3) is 22.4 Å². The van der Waals surface area contributed by atoms with Crippen molar-refractivity contribution in [3.63, 3.8) is 0 Å². The van der Waals surface area contributed by atoms with Crippen molar-refractivity contribution < 1.29 is 23.1 Å². The van der Waals surface area contributed by atoms with E-state index in [-0.39, 0.29) is 6.04 Å². The average molecular weight is 566 g/mol. The Kier molecular flexibility index (Phi) is 9.54. The number of carbonyl (C=O) groups is 1. The number of benzene rings is 2. The minimum absolute atomic E-state index is 0.184. The number of carboxylic acids is 1. The lowest BCUT2D eigenvalue weighted by Gasteiger charge is -2.32. The fourth-order valence-electron chi connectivity index (χ4n) is 4.71. The van der Waals surface area contributed by atoms with Crippen LogP contribution in [0.4, 0.5) is 18.9 Å². The number of imidazole rings is 1. The number of piperidine rings is 1. The van der Waals surface area contributed by atoms with Crippen molar-refractivity contribution in [1.29, 1.82) is 5.26 Å². The van der Waals surface area contributed by atoms with Gasteiger partial charge in [-0.15, -0.1) is 0 Å². The van der Waals surface area contributed by atoms with Gasteiger partial charge in [0.25, 0.3) is 0 Å². The maximum absolute atomic E-state index is 10.6. The van der Waals surface area contributed by atoms with Crippen molar-refractivity contribution in [1.82, 2.24) is 19.9 Å². The number of rotatable bonds is 7. The Morgan fingerprint density at radius 3 is 2.61 bits per heavy atom. The molecule has 0 aliphatic carbocycles. The van der Waals surface area contributed by atoms with Gasteiger partial charge in [0, 0.05) is 56.7 Å². The lowest BCUT2D eigenvalue weighted by atomic mass is 10.1. The van der Waals surface area contributed by atoms with Crippen LogP contribution < -0.4 is 16.0 Å². The summed E-state index contributed by atoms with van der Waals surface area (Å²) in [5.41, 5.74) is 12.1. The first-order valence-electron chi connectivity index (χ1n) is 13.1. The van der Waals surface area contributed by atoms with Crippen LogP contribution in [-0.2, 0) is 17.9 Å². The highest BCUT2D eigenvalue weighted by Crippen LogP contribution is 2.32. The number of hydrogen-bond acceptors (Lipinski definition) is 7. The number of para-hydroxylation sites is 1. The molecule has 214 valence electrons. The Morgan fingerprint density at radius 2 is 1.93 bits per heavy atom. The van der Waals surface area contributed by atoms with Gasteiger partial charge >= 0.3 is 12.1 Å². The van der Waals surface area contributed by atoms with Crippen LogP contribution in [0, 0.1) is 11.3 Å². The van der Waals surface area contributed by atoms with E-state index in [1.54, 1.807) is 12.4 Å². The molecule has 12 heteroatoms. The average Bonchev–Trinajstić information content (AvgIpc) is 3.34. The Morgan fingerprint density at radius 1 is 1.17 bits per heavy atom. The molecule has 0 spiro atoms. The molecule has 1 aliphatic rings.